The SMILES string of the molecule is C=C(C)NC(C(=O)OC)C(C(=O)O)c1ccsc1. The summed E-state index contributed by atoms with van der Waals surface area (Å²) in [5.74, 6) is -2.71. The van der Waals surface area contributed by atoms with Crippen LogP contribution < -0.4 is 5.32 Å². The summed E-state index contributed by atoms with van der Waals surface area (Å²) < 4.78 is 4.64. The van der Waals surface area contributed by atoms with Crippen LogP contribution >= 0.6 is 11.3 Å². The van der Waals surface area contributed by atoms with Gasteiger partial charge in [-0.2, -0.15) is 11.3 Å². The predicted molar refractivity (Wildman–Crippen MR) is 68.4 cm³/mol. The smallest absolute Gasteiger partial charge is 0.329 e. The molecule has 2 N–H and O–H groups in total. The Bertz CT molecular complexity index is 441. The Morgan fingerprint density at radius 1 is 1.56 bits per heavy atom. The largest absolute Gasteiger partial charge is 0.481 e. The van der Waals surface area contributed by atoms with Crippen LogP contribution in [0.25, 0.3) is 0 Å². The fourth-order valence-corrected chi connectivity index (χ4v) is 2.30. The fourth-order valence-electron chi connectivity index (χ4n) is 1.60. The third kappa shape index (κ3) is 3.33. The first-order chi connectivity index (χ1) is 8.47. The van der Waals surface area contributed by atoms with Crippen molar-refractivity contribution in [3.05, 3.63) is 34.7 Å². The van der Waals surface area contributed by atoms with Crippen LogP contribution in [0.2, 0.25) is 0 Å². The molecule has 0 aliphatic rings. The highest BCUT2D eigenvalue weighted by Gasteiger charge is 2.36. The van der Waals surface area contributed by atoms with E-state index in [0.717, 1.165) is 0 Å². The number of carboxylic acid groups (broad SMARTS) is 1. The molecular formula is C12H15NO4S. The van der Waals surface area contributed by atoms with Gasteiger partial charge in [-0.3, -0.25) is 4.79 Å². The van der Waals surface area contributed by atoms with Crippen molar-refractivity contribution in [3.63, 3.8) is 0 Å². The zero-order valence-electron chi connectivity index (χ0n) is 10.2. The number of thiophene rings is 1. The van der Waals surface area contributed by atoms with Crippen molar-refractivity contribution < 1.29 is 19.4 Å². The molecule has 5 nitrogen and oxygen atoms in total. The van der Waals surface area contributed by atoms with E-state index in [1.54, 1.807) is 23.8 Å². The molecule has 0 aliphatic heterocycles. The average Bonchev–Trinajstić information content (AvgIpc) is 2.79. The van der Waals surface area contributed by atoms with E-state index in [1.165, 1.54) is 18.4 Å². The van der Waals surface area contributed by atoms with Gasteiger partial charge in [0.25, 0.3) is 0 Å². The van der Waals surface area contributed by atoms with Gasteiger partial charge in [-0.25, -0.2) is 4.79 Å². The molecule has 1 rings (SSSR count). The van der Waals surface area contributed by atoms with Crippen molar-refractivity contribution >= 4 is 23.3 Å². The van der Waals surface area contributed by atoms with E-state index < -0.39 is 23.9 Å². The van der Waals surface area contributed by atoms with Crippen LogP contribution in [0.4, 0.5) is 0 Å². The number of hydrogen-bond acceptors (Lipinski definition) is 5. The first kappa shape index (κ1) is 14.2. The highest BCUT2D eigenvalue weighted by Crippen LogP contribution is 2.24. The Hall–Kier alpha value is -1.82. The Labute approximate surface area is 109 Å². The zero-order valence-corrected chi connectivity index (χ0v) is 11.0. The monoisotopic (exact) mass is 269 g/mol. The maximum Gasteiger partial charge on any atom is 0.329 e. The molecule has 0 amide bonds. The molecule has 18 heavy (non-hydrogen) atoms. The second kappa shape index (κ2) is 6.20. The van der Waals surface area contributed by atoms with Gasteiger partial charge < -0.3 is 15.2 Å². The number of carboxylic acids is 1. The van der Waals surface area contributed by atoms with Crippen LogP contribution in [0.3, 0.4) is 0 Å². The number of allylic oxidation sites excluding steroid dienone is 1. The first-order valence-corrected chi connectivity index (χ1v) is 6.16. The lowest BCUT2D eigenvalue weighted by Crippen LogP contribution is -2.44. The van der Waals surface area contributed by atoms with E-state index in [9.17, 15) is 14.7 Å². The number of hydrogen-bond donors (Lipinski definition) is 2. The Morgan fingerprint density at radius 2 is 2.22 bits per heavy atom. The predicted octanol–water partition coefficient (Wildman–Crippen LogP) is 1.58. The van der Waals surface area contributed by atoms with Gasteiger partial charge in [0, 0.05) is 5.70 Å². The molecule has 0 radical (unpaired) electrons. The third-order valence-corrected chi connectivity index (χ3v) is 3.06. The fraction of sp³-hybridized carbons (Fsp3) is 0.333. The van der Waals surface area contributed by atoms with E-state index in [2.05, 4.69) is 16.6 Å². The van der Waals surface area contributed by atoms with Crippen LogP contribution in [-0.2, 0) is 14.3 Å². The lowest BCUT2D eigenvalue weighted by Gasteiger charge is -2.23. The van der Waals surface area contributed by atoms with E-state index in [-0.39, 0.29) is 0 Å². The molecule has 2 atom stereocenters. The normalized spacial score (nSPS) is 13.4. The van der Waals surface area contributed by atoms with Crippen LogP contribution in [-0.4, -0.2) is 30.2 Å². The molecule has 98 valence electrons. The van der Waals surface area contributed by atoms with Crippen LogP contribution in [0.1, 0.15) is 18.4 Å². The number of esters is 1. The van der Waals surface area contributed by atoms with Gasteiger partial charge in [0.1, 0.15) is 12.0 Å². The summed E-state index contributed by atoms with van der Waals surface area (Å²) in [5.41, 5.74) is 1.07. The van der Waals surface area contributed by atoms with Crippen LogP contribution in [0.5, 0.6) is 0 Å². The molecule has 0 aliphatic carbocycles. The summed E-state index contributed by atoms with van der Waals surface area (Å²) >= 11 is 1.38. The van der Waals surface area contributed by atoms with Gasteiger partial charge in [0.15, 0.2) is 0 Å². The van der Waals surface area contributed by atoms with Gasteiger partial charge in [-0.05, 0) is 29.3 Å². The van der Waals surface area contributed by atoms with E-state index in [4.69, 9.17) is 0 Å². The van der Waals surface area contributed by atoms with Crippen molar-refractivity contribution in [1.82, 2.24) is 5.32 Å². The van der Waals surface area contributed by atoms with E-state index >= 15 is 0 Å². The average molecular weight is 269 g/mol. The number of carbonyl (C=O) groups excluding carboxylic acids is 1. The summed E-state index contributed by atoms with van der Waals surface area (Å²) in [4.78, 5) is 23.1. The molecule has 0 bridgehead atoms. The number of carbonyl (C=O) groups is 2. The minimum Gasteiger partial charge on any atom is -0.481 e. The highest BCUT2D eigenvalue weighted by molar-refractivity contribution is 7.08. The first-order valence-electron chi connectivity index (χ1n) is 5.22. The number of nitrogens with one attached hydrogen (secondary N) is 1. The van der Waals surface area contributed by atoms with Crippen LogP contribution in [0, 0.1) is 0 Å². The van der Waals surface area contributed by atoms with E-state index in [1.807, 2.05) is 0 Å². The van der Waals surface area contributed by atoms with E-state index in [0.29, 0.717) is 11.3 Å². The number of rotatable bonds is 6. The summed E-state index contributed by atoms with van der Waals surface area (Å²) in [5, 5.41) is 15.5. The topological polar surface area (TPSA) is 75.6 Å². The second-order valence-corrected chi connectivity index (χ2v) is 4.58. The Kier molecular flexibility index (Phi) is 4.91. The number of aliphatic carboxylic acids is 1. The summed E-state index contributed by atoms with van der Waals surface area (Å²) in [6.07, 6.45) is 0. The molecular weight excluding hydrogens is 254 g/mol. The standard InChI is InChI=1S/C12H15NO4S/c1-7(2)13-10(12(16)17-3)9(11(14)15)8-4-5-18-6-8/h4-6,9-10,13H,1H2,2-3H3,(H,14,15). The molecule has 0 saturated carbocycles. The summed E-state index contributed by atoms with van der Waals surface area (Å²) in [7, 11) is 1.22. The molecule has 1 aromatic rings. The van der Waals surface area contributed by atoms with Crippen molar-refractivity contribution in [2.24, 2.45) is 0 Å². The van der Waals surface area contributed by atoms with Crippen molar-refractivity contribution in [3.8, 4) is 0 Å². The van der Waals surface area contributed by atoms with Crippen LogP contribution in [0.15, 0.2) is 29.1 Å². The molecule has 0 saturated heterocycles. The maximum absolute atomic E-state index is 11.7. The quantitative estimate of drug-likeness (QED) is 0.767. The lowest BCUT2D eigenvalue weighted by molar-refractivity contribution is -0.149. The molecule has 0 fully saturated rings. The molecule has 0 aromatic carbocycles. The number of methoxy groups -OCH3 is 1. The lowest BCUT2D eigenvalue weighted by atomic mass is 9.93. The maximum atomic E-state index is 11.7. The van der Waals surface area contributed by atoms with Gasteiger partial charge in [0.2, 0.25) is 0 Å². The zero-order chi connectivity index (χ0) is 13.7. The molecule has 2 unspecified atom stereocenters. The minimum absolute atomic E-state index is 0.506. The van der Waals surface area contributed by atoms with Crippen molar-refractivity contribution in [2.45, 2.75) is 18.9 Å². The highest BCUT2D eigenvalue weighted by atomic mass is 32.1. The minimum atomic E-state index is -1.09. The molecule has 1 heterocycles. The van der Waals surface area contributed by atoms with Crippen molar-refractivity contribution in [1.29, 1.82) is 0 Å². The Morgan fingerprint density at radius 3 is 2.61 bits per heavy atom. The summed E-state index contributed by atoms with van der Waals surface area (Å²) in [6.45, 7) is 5.28. The van der Waals surface area contributed by atoms with Gasteiger partial charge in [-0.15, -0.1) is 0 Å². The number of ether oxygens (including phenoxy) is 1. The second-order valence-electron chi connectivity index (χ2n) is 3.80. The molecule has 1 aromatic heterocycles. The summed E-state index contributed by atoms with van der Waals surface area (Å²) in [6, 6.07) is 0.694. The van der Waals surface area contributed by atoms with Gasteiger partial charge >= 0.3 is 11.9 Å². The molecule has 0 spiro atoms. The Balaban J connectivity index is 3.09. The van der Waals surface area contributed by atoms with Gasteiger partial charge in [0.05, 0.1) is 7.11 Å². The van der Waals surface area contributed by atoms with Crippen molar-refractivity contribution in [2.75, 3.05) is 7.11 Å². The molecule has 6 heteroatoms. The third-order valence-electron chi connectivity index (χ3n) is 2.36. The van der Waals surface area contributed by atoms with Gasteiger partial charge in [-0.1, -0.05) is 6.58 Å².